The first-order chi connectivity index (χ1) is 9.81. The molecule has 0 aliphatic heterocycles. The summed E-state index contributed by atoms with van der Waals surface area (Å²) < 4.78 is 5.10. The Labute approximate surface area is 133 Å². The summed E-state index contributed by atoms with van der Waals surface area (Å²) in [5.41, 5.74) is 6.09. The van der Waals surface area contributed by atoms with E-state index in [0.717, 1.165) is 12.8 Å². The van der Waals surface area contributed by atoms with Gasteiger partial charge in [0, 0.05) is 0 Å². The maximum absolute atomic E-state index is 12.0. The van der Waals surface area contributed by atoms with Crippen LogP contribution in [0.1, 0.15) is 26.2 Å². The van der Waals surface area contributed by atoms with Crippen molar-refractivity contribution >= 4 is 35.1 Å². The topological polar surface area (TPSA) is 89.6 Å². The lowest BCUT2D eigenvalue weighted by Crippen LogP contribution is -2.42. The molecule has 118 valence electrons. The Hall–Kier alpha value is -1.04. The fourth-order valence-electron chi connectivity index (χ4n) is 1.76. The molecule has 1 aliphatic rings. The van der Waals surface area contributed by atoms with Crippen LogP contribution < -0.4 is 5.73 Å². The molecule has 1 rings (SSSR count). The van der Waals surface area contributed by atoms with Crippen LogP contribution in [-0.4, -0.2) is 39.9 Å². The lowest BCUT2D eigenvalue weighted by Gasteiger charge is -2.28. The molecular formula is C14H19Cl2NO4. The lowest BCUT2D eigenvalue weighted by atomic mass is 9.92. The molecule has 0 bridgehead atoms. The number of rotatable bonds is 7. The van der Waals surface area contributed by atoms with Gasteiger partial charge >= 0.3 is 11.9 Å². The molecule has 0 aromatic heterocycles. The Kier molecular flexibility index (Phi) is 6.71. The number of carbonyl (C=O) groups is 2. The van der Waals surface area contributed by atoms with Crippen molar-refractivity contribution in [2.24, 2.45) is 5.73 Å². The van der Waals surface area contributed by atoms with E-state index in [0.29, 0.717) is 12.2 Å². The molecule has 1 aliphatic carbocycles. The number of alkyl halides is 2. The Morgan fingerprint density at radius 3 is 2.76 bits per heavy atom. The standard InChI is InChI=1S/C14H19Cl2NO4/c1-2-3-6-21-13(20)14(16)5-4-9(8-11(14)15)7-10(17)12(18)19/h4-5,8,10-11H,2-3,6-7,17H2,1H3,(H,18,19). The molecule has 0 saturated carbocycles. The zero-order valence-corrected chi connectivity index (χ0v) is 13.2. The van der Waals surface area contributed by atoms with Crippen LogP contribution in [0.5, 0.6) is 0 Å². The number of hydrogen-bond acceptors (Lipinski definition) is 4. The molecule has 0 fully saturated rings. The van der Waals surface area contributed by atoms with Crippen LogP contribution in [0.3, 0.4) is 0 Å². The number of unbranched alkanes of at least 4 members (excludes halogenated alkanes) is 1. The normalized spacial score (nSPS) is 26.1. The Bertz CT molecular complexity index is 464. The molecular weight excluding hydrogens is 317 g/mol. The Morgan fingerprint density at radius 1 is 1.57 bits per heavy atom. The average molecular weight is 336 g/mol. The minimum atomic E-state index is -1.47. The highest BCUT2D eigenvalue weighted by Crippen LogP contribution is 2.34. The third kappa shape index (κ3) is 4.73. The Morgan fingerprint density at radius 2 is 2.24 bits per heavy atom. The molecule has 0 aromatic carbocycles. The molecule has 7 heteroatoms. The van der Waals surface area contributed by atoms with Gasteiger partial charge in [0.15, 0.2) is 4.87 Å². The molecule has 5 nitrogen and oxygen atoms in total. The summed E-state index contributed by atoms with van der Waals surface area (Å²) in [5.74, 6) is -1.70. The van der Waals surface area contributed by atoms with E-state index >= 15 is 0 Å². The highest BCUT2D eigenvalue weighted by molar-refractivity contribution is 6.42. The quantitative estimate of drug-likeness (QED) is 0.423. The van der Waals surface area contributed by atoms with E-state index in [1.165, 1.54) is 6.08 Å². The third-order valence-electron chi connectivity index (χ3n) is 3.12. The number of carbonyl (C=O) groups excluding carboxylic acids is 1. The van der Waals surface area contributed by atoms with Crippen molar-refractivity contribution in [3.05, 3.63) is 23.8 Å². The van der Waals surface area contributed by atoms with E-state index in [2.05, 4.69) is 0 Å². The van der Waals surface area contributed by atoms with Crippen molar-refractivity contribution in [3.63, 3.8) is 0 Å². The molecule has 0 amide bonds. The van der Waals surface area contributed by atoms with Crippen LogP contribution in [0.4, 0.5) is 0 Å². The number of allylic oxidation sites excluding steroid dienone is 2. The first-order valence-electron chi connectivity index (χ1n) is 6.69. The van der Waals surface area contributed by atoms with Gasteiger partial charge in [0.1, 0.15) is 6.04 Å². The van der Waals surface area contributed by atoms with Gasteiger partial charge in [0.25, 0.3) is 0 Å². The second-order valence-corrected chi connectivity index (χ2v) is 5.98. The SMILES string of the molecule is CCCCOC(=O)C1(Cl)C=CC(CC(N)C(=O)O)=CC1Cl. The Balaban J connectivity index is 2.70. The van der Waals surface area contributed by atoms with Gasteiger partial charge in [-0.25, -0.2) is 4.79 Å². The smallest absolute Gasteiger partial charge is 0.333 e. The maximum Gasteiger partial charge on any atom is 0.333 e. The number of nitrogens with two attached hydrogens (primary N) is 1. The van der Waals surface area contributed by atoms with Gasteiger partial charge in [-0.05, 0) is 18.4 Å². The van der Waals surface area contributed by atoms with E-state index in [9.17, 15) is 9.59 Å². The molecule has 0 heterocycles. The van der Waals surface area contributed by atoms with Gasteiger partial charge in [-0.15, -0.1) is 23.2 Å². The molecule has 3 unspecified atom stereocenters. The second kappa shape index (κ2) is 7.82. The number of aliphatic carboxylic acids is 1. The first kappa shape index (κ1) is 18.0. The number of carboxylic acid groups (broad SMARTS) is 1. The lowest BCUT2D eigenvalue weighted by molar-refractivity contribution is -0.145. The number of halogens is 2. The van der Waals surface area contributed by atoms with Crippen molar-refractivity contribution in [2.75, 3.05) is 6.61 Å². The summed E-state index contributed by atoms with van der Waals surface area (Å²) in [4.78, 5) is 21.3. The maximum atomic E-state index is 12.0. The van der Waals surface area contributed by atoms with E-state index in [-0.39, 0.29) is 6.42 Å². The molecule has 3 N–H and O–H groups in total. The van der Waals surface area contributed by atoms with Gasteiger partial charge < -0.3 is 15.6 Å². The zero-order valence-electron chi connectivity index (χ0n) is 11.7. The predicted octanol–water partition coefficient (Wildman–Crippen LogP) is 2.21. The summed E-state index contributed by atoms with van der Waals surface area (Å²) in [6, 6.07) is -1.02. The van der Waals surface area contributed by atoms with Crippen LogP contribution in [0.15, 0.2) is 23.8 Å². The first-order valence-corrected chi connectivity index (χ1v) is 7.51. The van der Waals surface area contributed by atoms with Crippen LogP contribution in [0.25, 0.3) is 0 Å². The molecule has 21 heavy (non-hydrogen) atoms. The number of hydrogen-bond donors (Lipinski definition) is 2. The largest absolute Gasteiger partial charge is 0.480 e. The zero-order chi connectivity index (χ0) is 16.0. The number of carboxylic acids is 1. The summed E-state index contributed by atoms with van der Waals surface area (Å²) >= 11 is 12.4. The van der Waals surface area contributed by atoms with Crippen LogP contribution in [0.2, 0.25) is 0 Å². The van der Waals surface area contributed by atoms with Crippen LogP contribution >= 0.6 is 23.2 Å². The molecule has 0 spiro atoms. The number of ether oxygens (including phenoxy) is 1. The van der Waals surface area contributed by atoms with Gasteiger partial charge in [-0.1, -0.05) is 31.6 Å². The predicted molar refractivity (Wildman–Crippen MR) is 81.5 cm³/mol. The highest BCUT2D eigenvalue weighted by atomic mass is 35.5. The summed E-state index contributed by atoms with van der Waals surface area (Å²) in [6.07, 6.45) is 6.31. The van der Waals surface area contributed by atoms with Gasteiger partial charge in [0.2, 0.25) is 0 Å². The van der Waals surface area contributed by atoms with Crippen molar-refractivity contribution < 1.29 is 19.4 Å². The minimum Gasteiger partial charge on any atom is -0.480 e. The highest BCUT2D eigenvalue weighted by Gasteiger charge is 2.43. The fourth-order valence-corrected chi connectivity index (χ4v) is 2.27. The van der Waals surface area contributed by atoms with Crippen molar-refractivity contribution in [3.8, 4) is 0 Å². The van der Waals surface area contributed by atoms with Gasteiger partial charge in [-0.3, -0.25) is 4.79 Å². The van der Waals surface area contributed by atoms with E-state index in [1.54, 1.807) is 12.2 Å². The third-order valence-corrected chi connectivity index (χ3v) is 4.22. The number of esters is 1. The fraction of sp³-hybridized carbons (Fsp3) is 0.571. The van der Waals surface area contributed by atoms with E-state index in [1.807, 2.05) is 6.92 Å². The minimum absolute atomic E-state index is 0.118. The summed E-state index contributed by atoms with van der Waals surface area (Å²) in [6.45, 7) is 2.28. The average Bonchev–Trinajstić information content (AvgIpc) is 2.43. The summed E-state index contributed by atoms with van der Waals surface area (Å²) in [5, 5.41) is 7.96. The second-order valence-electron chi connectivity index (χ2n) is 4.88. The van der Waals surface area contributed by atoms with E-state index in [4.69, 9.17) is 38.8 Å². The van der Waals surface area contributed by atoms with E-state index < -0.39 is 28.2 Å². The van der Waals surface area contributed by atoms with Crippen LogP contribution in [0, 0.1) is 0 Å². The monoisotopic (exact) mass is 335 g/mol. The van der Waals surface area contributed by atoms with Crippen LogP contribution in [-0.2, 0) is 14.3 Å². The van der Waals surface area contributed by atoms with Crippen molar-refractivity contribution in [1.82, 2.24) is 0 Å². The molecule has 0 radical (unpaired) electrons. The van der Waals surface area contributed by atoms with Gasteiger partial charge in [0.05, 0.1) is 12.0 Å². The van der Waals surface area contributed by atoms with Crippen molar-refractivity contribution in [2.45, 2.75) is 42.5 Å². The molecule has 0 saturated heterocycles. The summed E-state index contributed by atoms with van der Waals surface area (Å²) in [7, 11) is 0. The molecule has 0 aromatic rings. The molecule has 3 atom stereocenters. The van der Waals surface area contributed by atoms with Crippen molar-refractivity contribution in [1.29, 1.82) is 0 Å². The van der Waals surface area contributed by atoms with Gasteiger partial charge in [-0.2, -0.15) is 0 Å².